The van der Waals surface area contributed by atoms with Gasteiger partial charge in [0.15, 0.2) is 0 Å². The number of pyridine rings is 1. The Bertz CT molecular complexity index is 836. The molecule has 0 amide bonds. The summed E-state index contributed by atoms with van der Waals surface area (Å²) in [6.07, 6.45) is 4.08. The third kappa shape index (κ3) is 3.82. The van der Waals surface area contributed by atoms with Crippen molar-refractivity contribution in [3.8, 4) is 5.88 Å². The molecule has 1 atom stereocenters. The molecular formula is C14H16ClN3O3S2. The lowest BCUT2D eigenvalue weighted by Gasteiger charge is -2.21. The van der Waals surface area contributed by atoms with Crippen molar-refractivity contribution in [2.75, 3.05) is 6.61 Å². The predicted molar refractivity (Wildman–Crippen MR) is 88.5 cm³/mol. The molecule has 0 saturated carbocycles. The van der Waals surface area contributed by atoms with E-state index in [1.54, 1.807) is 11.3 Å². The van der Waals surface area contributed by atoms with Gasteiger partial charge in [0, 0.05) is 4.88 Å². The van der Waals surface area contributed by atoms with E-state index in [2.05, 4.69) is 9.97 Å². The largest absolute Gasteiger partial charge is 0.476 e. The van der Waals surface area contributed by atoms with Gasteiger partial charge in [-0.2, -0.15) is 0 Å². The second-order valence-corrected chi connectivity index (χ2v) is 8.78. The highest BCUT2D eigenvalue weighted by Gasteiger charge is 2.23. The van der Waals surface area contributed by atoms with Gasteiger partial charge in [-0.25, -0.2) is 23.5 Å². The minimum Gasteiger partial charge on any atom is -0.476 e. The van der Waals surface area contributed by atoms with E-state index in [1.165, 1.54) is 10.9 Å². The number of rotatable bonds is 4. The van der Waals surface area contributed by atoms with Gasteiger partial charge in [0.25, 0.3) is 0 Å². The zero-order valence-electron chi connectivity index (χ0n) is 12.5. The molecule has 0 aromatic carbocycles. The van der Waals surface area contributed by atoms with Gasteiger partial charge in [0.1, 0.15) is 9.92 Å². The Morgan fingerprint density at radius 3 is 3.00 bits per heavy atom. The lowest BCUT2D eigenvalue weighted by atomic mass is 9.92. The standard InChI is InChI=1S/C14H16ClN3O3S2/c1-8-18-12-4-9(2-3-13(12)22-8)7-21-14-11(15)5-10(6-17-14)23(16,19)20/h5-6,9H,2-4,7H2,1H3,(H2,16,19,20). The number of nitrogens with two attached hydrogens (primary N) is 1. The smallest absolute Gasteiger partial charge is 0.239 e. The molecule has 124 valence electrons. The first kappa shape index (κ1) is 16.6. The number of primary sulfonamides is 1. The number of thiazole rings is 1. The average Bonchev–Trinajstić information content (AvgIpc) is 2.84. The van der Waals surface area contributed by atoms with E-state index in [1.807, 2.05) is 6.92 Å². The van der Waals surface area contributed by atoms with Crippen LogP contribution in [0.1, 0.15) is 22.0 Å². The summed E-state index contributed by atoms with van der Waals surface area (Å²) < 4.78 is 28.2. The van der Waals surface area contributed by atoms with Crippen molar-refractivity contribution in [3.05, 3.63) is 32.9 Å². The van der Waals surface area contributed by atoms with Crippen molar-refractivity contribution in [2.45, 2.75) is 31.1 Å². The van der Waals surface area contributed by atoms with Gasteiger partial charge >= 0.3 is 0 Å². The molecule has 0 radical (unpaired) electrons. The van der Waals surface area contributed by atoms with E-state index in [0.717, 1.165) is 36.2 Å². The minimum absolute atomic E-state index is 0.130. The number of nitrogens with zero attached hydrogens (tertiary/aromatic N) is 2. The molecule has 0 aliphatic heterocycles. The molecule has 2 aromatic rings. The summed E-state index contributed by atoms with van der Waals surface area (Å²) in [4.78, 5) is 9.74. The number of sulfonamides is 1. The van der Waals surface area contributed by atoms with Crippen LogP contribution in [0.3, 0.4) is 0 Å². The maximum absolute atomic E-state index is 11.3. The van der Waals surface area contributed by atoms with E-state index in [4.69, 9.17) is 21.5 Å². The fraction of sp³-hybridized carbons (Fsp3) is 0.429. The molecule has 0 fully saturated rings. The molecule has 2 heterocycles. The summed E-state index contributed by atoms with van der Waals surface area (Å²) >= 11 is 7.78. The molecule has 1 unspecified atom stereocenters. The van der Waals surface area contributed by atoms with Crippen LogP contribution in [0.5, 0.6) is 5.88 Å². The minimum atomic E-state index is -3.82. The zero-order chi connectivity index (χ0) is 16.6. The number of aromatic nitrogens is 2. The van der Waals surface area contributed by atoms with E-state index in [0.29, 0.717) is 12.5 Å². The van der Waals surface area contributed by atoms with E-state index < -0.39 is 10.0 Å². The third-order valence-corrected chi connectivity index (χ3v) is 5.94. The van der Waals surface area contributed by atoms with Gasteiger partial charge in [0.05, 0.1) is 23.5 Å². The van der Waals surface area contributed by atoms with Crippen molar-refractivity contribution >= 4 is 33.0 Å². The predicted octanol–water partition coefficient (Wildman–Crippen LogP) is 2.33. The van der Waals surface area contributed by atoms with Gasteiger partial charge in [-0.1, -0.05) is 11.6 Å². The summed E-state index contributed by atoms with van der Waals surface area (Å²) in [7, 11) is -3.82. The Balaban J connectivity index is 1.65. The van der Waals surface area contributed by atoms with E-state index in [-0.39, 0.29) is 15.8 Å². The SMILES string of the molecule is Cc1nc2c(s1)CCC(COc1ncc(S(N)(=O)=O)cc1Cl)C2. The van der Waals surface area contributed by atoms with E-state index >= 15 is 0 Å². The second kappa shape index (κ2) is 6.35. The van der Waals surface area contributed by atoms with Crippen LogP contribution in [-0.4, -0.2) is 25.0 Å². The molecule has 6 nitrogen and oxygen atoms in total. The number of fused-ring (bicyclic) bond motifs is 1. The summed E-state index contributed by atoms with van der Waals surface area (Å²) in [6.45, 7) is 2.49. The first-order valence-corrected chi connectivity index (χ1v) is 9.83. The Hall–Kier alpha value is -1.22. The number of aryl methyl sites for hydroxylation is 2. The van der Waals surface area contributed by atoms with Gasteiger partial charge in [0.2, 0.25) is 15.9 Å². The van der Waals surface area contributed by atoms with Crippen molar-refractivity contribution in [1.29, 1.82) is 0 Å². The first-order valence-electron chi connectivity index (χ1n) is 7.09. The van der Waals surface area contributed by atoms with Crippen LogP contribution in [0.15, 0.2) is 17.2 Å². The first-order chi connectivity index (χ1) is 10.8. The Labute approximate surface area is 143 Å². The molecule has 2 aromatic heterocycles. The molecular weight excluding hydrogens is 358 g/mol. The molecule has 2 N–H and O–H groups in total. The van der Waals surface area contributed by atoms with Crippen LogP contribution in [-0.2, 0) is 22.9 Å². The van der Waals surface area contributed by atoms with Gasteiger partial charge in [-0.15, -0.1) is 11.3 Å². The zero-order valence-corrected chi connectivity index (χ0v) is 14.8. The van der Waals surface area contributed by atoms with Crippen LogP contribution in [0, 0.1) is 12.8 Å². The van der Waals surface area contributed by atoms with Crippen molar-refractivity contribution in [2.24, 2.45) is 11.1 Å². The average molecular weight is 374 g/mol. The molecule has 0 saturated heterocycles. The normalized spacial score (nSPS) is 17.8. The highest BCUT2D eigenvalue weighted by Crippen LogP contribution is 2.31. The highest BCUT2D eigenvalue weighted by molar-refractivity contribution is 7.89. The van der Waals surface area contributed by atoms with Crippen molar-refractivity contribution in [1.82, 2.24) is 9.97 Å². The lowest BCUT2D eigenvalue weighted by molar-refractivity contribution is 0.226. The Morgan fingerprint density at radius 2 is 2.30 bits per heavy atom. The fourth-order valence-corrected chi connectivity index (χ4v) is 4.33. The van der Waals surface area contributed by atoms with Crippen LogP contribution in [0.4, 0.5) is 0 Å². The van der Waals surface area contributed by atoms with Crippen molar-refractivity contribution < 1.29 is 13.2 Å². The number of hydrogen-bond acceptors (Lipinski definition) is 6. The van der Waals surface area contributed by atoms with Gasteiger partial charge < -0.3 is 4.74 Å². The third-order valence-electron chi connectivity index (χ3n) is 3.71. The molecule has 0 spiro atoms. The van der Waals surface area contributed by atoms with Gasteiger partial charge in [-0.05, 0) is 38.2 Å². The van der Waals surface area contributed by atoms with Gasteiger partial charge in [-0.3, -0.25) is 0 Å². The number of ether oxygens (including phenoxy) is 1. The molecule has 1 aliphatic carbocycles. The second-order valence-electron chi connectivity index (χ2n) is 5.53. The Morgan fingerprint density at radius 1 is 1.52 bits per heavy atom. The van der Waals surface area contributed by atoms with Crippen molar-refractivity contribution in [3.63, 3.8) is 0 Å². The summed E-state index contributed by atoms with van der Waals surface area (Å²) in [5, 5.41) is 6.27. The highest BCUT2D eigenvalue weighted by atomic mass is 35.5. The van der Waals surface area contributed by atoms with E-state index in [9.17, 15) is 8.42 Å². The molecule has 1 aliphatic rings. The topological polar surface area (TPSA) is 95.2 Å². The summed E-state index contributed by atoms with van der Waals surface area (Å²) in [5.41, 5.74) is 1.16. The maximum atomic E-state index is 11.3. The van der Waals surface area contributed by atoms with Crippen LogP contribution in [0.2, 0.25) is 5.02 Å². The number of halogens is 1. The van der Waals surface area contributed by atoms with Crippen LogP contribution < -0.4 is 9.88 Å². The number of hydrogen-bond donors (Lipinski definition) is 1. The molecule has 23 heavy (non-hydrogen) atoms. The fourth-order valence-electron chi connectivity index (χ4n) is 2.59. The molecule has 0 bridgehead atoms. The summed E-state index contributed by atoms with van der Waals surface area (Å²) in [6, 6.07) is 1.25. The lowest BCUT2D eigenvalue weighted by Crippen LogP contribution is -2.20. The molecule has 9 heteroatoms. The van der Waals surface area contributed by atoms with Crippen LogP contribution in [0.25, 0.3) is 0 Å². The maximum Gasteiger partial charge on any atom is 0.239 e. The summed E-state index contributed by atoms with van der Waals surface area (Å²) in [5.74, 6) is 0.569. The van der Waals surface area contributed by atoms with Crippen LogP contribution >= 0.6 is 22.9 Å². The molecule has 3 rings (SSSR count). The quantitative estimate of drug-likeness (QED) is 0.887. The monoisotopic (exact) mass is 373 g/mol. The Kier molecular flexibility index (Phi) is 4.59.